The molecule has 0 radical (unpaired) electrons. The molecule has 0 N–H and O–H groups in total. The van der Waals surface area contributed by atoms with E-state index in [2.05, 4.69) is 4.98 Å². The standard InChI is InChI=1S/C13H19N3O2/c1-15(2)12-11(18-10-5-6-10)7-9(8-14-12)13(17)16(3)4/h7-8,10H,5-6H2,1-4H3. The molecule has 1 heterocycles. The number of ether oxygens (including phenoxy) is 1. The van der Waals surface area contributed by atoms with Crippen LogP contribution >= 0.6 is 0 Å². The number of anilines is 1. The lowest BCUT2D eigenvalue weighted by Gasteiger charge is -2.18. The van der Waals surface area contributed by atoms with Crippen LogP contribution in [0.4, 0.5) is 5.82 Å². The van der Waals surface area contributed by atoms with E-state index in [1.54, 1.807) is 26.4 Å². The summed E-state index contributed by atoms with van der Waals surface area (Å²) in [5.41, 5.74) is 0.557. The van der Waals surface area contributed by atoms with Crippen LogP contribution in [0.1, 0.15) is 23.2 Å². The highest BCUT2D eigenvalue weighted by Gasteiger charge is 2.26. The van der Waals surface area contributed by atoms with Crippen molar-refractivity contribution >= 4 is 11.7 Å². The molecule has 1 saturated carbocycles. The van der Waals surface area contributed by atoms with Crippen LogP contribution in [0.3, 0.4) is 0 Å². The molecule has 1 fully saturated rings. The Morgan fingerprint density at radius 3 is 2.50 bits per heavy atom. The minimum atomic E-state index is -0.0616. The zero-order valence-electron chi connectivity index (χ0n) is 11.3. The minimum Gasteiger partial charge on any atom is -0.487 e. The molecule has 1 aromatic rings. The van der Waals surface area contributed by atoms with E-state index in [1.165, 1.54) is 4.90 Å². The van der Waals surface area contributed by atoms with E-state index in [9.17, 15) is 4.79 Å². The van der Waals surface area contributed by atoms with Gasteiger partial charge in [0.2, 0.25) is 0 Å². The van der Waals surface area contributed by atoms with Crippen LogP contribution in [0.2, 0.25) is 0 Å². The average Bonchev–Trinajstić information content (AvgIpc) is 3.11. The Labute approximate surface area is 107 Å². The third-order valence-corrected chi connectivity index (χ3v) is 2.73. The molecule has 18 heavy (non-hydrogen) atoms. The van der Waals surface area contributed by atoms with Crippen molar-refractivity contribution in [1.29, 1.82) is 0 Å². The molecular weight excluding hydrogens is 230 g/mol. The number of carbonyl (C=O) groups is 1. The van der Waals surface area contributed by atoms with Gasteiger partial charge in [-0.1, -0.05) is 0 Å². The molecule has 0 spiro atoms. The van der Waals surface area contributed by atoms with E-state index in [0.29, 0.717) is 11.3 Å². The van der Waals surface area contributed by atoms with Crippen LogP contribution in [0.25, 0.3) is 0 Å². The van der Waals surface area contributed by atoms with Crippen LogP contribution < -0.4 is 9.64 Å². The first-order valence-electron chi connectivity index (χ1n) is 6.04. The van der Waals surface area contributed by atoms with Gasteiger partial charge in [0.15, 0.2) is 11.6 Å². The first kappa shape index (κ1) is 12.7. The van der Waals surface area contributed by atoms with Crippen LogP contribution in [0, 0.1) is 0 Å². The summed E-state index contributed by atoms with van der Waals surface area (Å²) in [5.74, 6) is 1.39. The van der Waals surface area contributed by atoms with E-state index >= 15 is 0 Å². The van der Waals surface area contributed by atoms with Gasteiger partial charge in [0, 0.05) is 34.4 Å². The van der Waals surface area contributed by atoms with Gasteiger partial charge in [-0.25, -0.2) is 4.98 Å². The van der Waals surface area contributed by atoms with Crippen molar-refractivity contribution in [2.75, 3.05) is 33.1 Å². The van der Waals surface area contributed by atoms with Crippen molar-refractivity contribution in [3.05, 3.63) is 17.8 Å². The molecule has 0 aliphatic heterocycles. The maximum Gasteiger partial charge on any atom is 0.255 e. The predicted molar refractivity (Wildman–Crippen MR) is 70.2 cm³/mol. The Bertz CT molecular complexity index is 454. The Balaban J connectivity index is 2.31. The molecule has 1 amide bonds. The molecule has 0 atom stereocenters. The summed E-state index contributed by atoms with van der Waals surface area (Å²) < 4.78 is 5.81. The van der Waals surface area contributed by atoms with Crippen LogP contribution in [-0.4, -0.2) is 50.1 Å². The molecule has 0 bridgehead atoms. The maximum atomic E-state index is 11.9. The van der Waals surface area contributed by atoms with Crippen molar-refractivity contribution < 1.29 is 9.53 Å². The SMILES string of the molecule is CN(C)C(=O)c1cnc(N(C)C)c(OC2CC2)c1. The van der Waals surface area contributed by atoms with Crippen molar-refractivity contribution in [3.8, 4) is 5.75 Å². The molecule has 5 heteroatoms. The van der Waals surface area contributed by atoms with Crippen LogP contribution in [-0.2, 0) is 0 Å². The Morgan fingerprint density at radius 1 is 1.33 bits per heavy atom. The van der Waals surface area contributed by atoms with E-state index < -0.39 is 0 Å². The molecule has 0 aromatic carbocycles. The molecule has 98 valence electrons. The predicted octanol–water partition coefficient (Wildman–Crippen LogP) is 1.39. The minimum absolute atomic E-state index is 0.0616. The van der Waals surface area contributed by atoms with E-state index in [-0.39, 0.29) is 12.0 Å². The molecule has 0 unspecified atom stereocenters. The van der Waals surface area contributed by atoms with Gasteiger partial charge in [0.25, 0.3) is 5.91 Å². The summed E-state index contributed by atoms with van der Waals surface area (Å²) in [6.07, 6.45) is 4.05. The lowest BCUT2D eigenvalue weighted by Crippen LogP contribution is -2.22. The molecule has 1 aliphatic rings. The first-order valence-corrected chi connectivity index (χ1v) is 6.04. The summed E-state index contributed by atoms with van der Waals surface area (Å²) in [5, 5.41) is 0. The van der Waals surface area contributed by atoms with Gasteiger partial charge in [-0.15, -0.1) is 0 Å². The lowest BCUT2D eigenvalue weighted by atomic mass is 10.2. The second kappa shape index (κ2) is 4.84. The van der Waals surface area contributed by atoms with Crippen molar-refractivity contribution in [1.82, 2.24) is 9.88 Å². The van der Waals surface area contributed by atoms with Gasteiger partial charge in [0.1, 0.15) is 0 Å². The summed E-state index contributed by atoms with van der Waals surface area (Å²) in [4.78, 5) is 19.6. The fourth-order valence-corrected chi connectivity index (χ4v) is 1.60. The Hall–Kier alpha value is -1.78. The zero-order valence-corrected chi connectivity index (χ0v) is 11.3. The van der Waals surface area contributed by atoms with Crippen molar-refractivity contribution in [3.63, 3.8) is 0 Å². The normalized spacial score (nSPS) is 14.2. The number of aromatic nitrogens is 1. The van der Waals surface area contributed by atoms with E-state index in [0.717, 1.165) is 18.7 Å². The molecule has 1 aliphatic carbocycles. The summed E-state index contributed by atoms with van der Waals surface area (Å²) in [6.45, 7) is 0. The second-order valence-corrected chi connectivity index (χ2v) is 4.96. The van der Waals surface area contributed by atoms with Gasteiger partial charge in [-0.05, 0) is 18.9 Å². The molecule has 1 aromatic heterocycles. The van der Waals surface area contributed by atoms with Crippen LogP contribution in [0.15, 0.2) is 12.3 Å². The Morgan fingerprint density at radius 2 is 2.00 bits per heavy atom. The molecule has 5 nitrogen and oxygen atoms in total. The smallest absolute Gasteiger partial charge is 0.255 e. The maximum absolute atomic E-state index is 11.9. The Kier molecular flexibility index (Phi) is 3.41. The largest absolute Gasteiger partial charge is 0.487 e. The highest BCUT2D eigenvalue weighted by atomic mass is 16.5. The summed E-state index contributed by atoms with van der Waals surface area (Å²) in [7, 11) is 7.28. The third kappa shape index (κ3) is 2.72. The fraction of sp³-hybridized carbons (Fsp3) is 0.538. The van der Waals surface area contributed by atoms with Gasteiger partial charge in [-0.2, -0.15) is 0 Å². The number of hydrogen-bond acceptors (Lipinski definition) is 4. The monoisotopic (exact) mass is 249 g/mol. The van der Waals surface area contributed by atoms with Crippen LogP contribution in [0.5, 0.6) is 5.75 Å². The highest BCUT2D eigenvalue weighted by molar-refractivity contribution is 5.94. The number of pyridine rings is 1. The van der Waals surface area contributed by atoms with Gasteiger partial charge >= 0.3 is 0 Å². The number of amides is 1. The van der Waals surface area contributed by atoms with E-state index in [4.69, 9.17) is 4.74 Å². The third-order valence-electron chi connectivity index (χ3n) is 2.73. The first-order chi connectivity index (χ1) is 8.49. The summed E-state index contributed by atoms with van der Waals surface area (Å²) in [6, 6.07) is 1.78. The quantitative estimate of drug-likeness (QED) is 0.809. The lowest BCUT2D eigenvalue weighted by molar-refractivity contribution is 0.0826. The topological polar surface area (TPSA) is 45.7 Å². The molecular formula is C13H19N3O2. The van der Waals surface area contributed by atoms with Gasteiger partial charge in [-0.3, -0.25) is 4.79 Å². The highest BCUT2D eigenvalue weighted by Crippen LogP contribution is 2.32. The average molecular weight is 249 g/mol. The number of rotatable bonds is 4. The molecule has 2 rings (SSSR count). The zero-order chi connectivity index (χ0) is 13.3. The second-order valence-electron chi connectivity index (χ2n) is 4.96. The molecule has 0 saturated heterocycles. The van der Waals surface area contributed by atoms with Crippen molar-refractivity contribution in [2.24, 2.45) is 0 Å². The van der Waals surface area contributed by atoms with Crippen molar-refractivity contribution in [2.45, 2.75) is 18.9 Å². The number of carbonyl (C=O) groups excluding carboxylic acids is 1. The fourth-order valence-electron chi connectivity index (χ4n) is 1.60. The number of nitrogens with zero attached hydrogens (tertiary/aromatic N) is 3. The van der Waals surface area contributed by atoms with E-state index in [1.807, 2.05) is 19.0 Å². The van der Waals surface area contributed by atoms with Gasteiger partial charge < -0.3 is 14.5 Å². The summed E-state index contributed by atoms with van der Waals surface area (Å²) >= 11 is 0. The van der Waals surface area contributed by atoms with Gasteiger partial charge in [0.05, 0.1) is 11.7 Å². The number of hydrogen-bond donors (Lipinski definition) is 0.